The molecule has 3 heteroatoms. The molecule has 1 heterocycles. The Kier molecular flexibility index (Phi) is 3.78. The van der Waals surface area contributed by atoms with Crippen LogP contribution >= 0.6 is 15.9 Å². The maximum absolute atomic E-state index is 3.61. The molecule has 82 valence electrons. The van der Waals surface area contributed by atoms with Gasteiger partial charge < -0.3 is 5.32 Å². The number of benzene rings is 1. The summed E-state index contributed by atoms with van der Waals surface area (Å²) in [5, 5.41) is 3.37. The monoisotopic (exact) mass is 268 g/mol. The number of rotatable bonds is 2. The van der Waals surface area contributed by atoms with Crippen LogP contribution in [-0.2, 0) is 6.54 Å². The number of nitrogens with one attached hydrogen (secondary N) is 1. The minimum absolute atomic E-state index is 1.06. The van der Waals surface area contributed by atoms with Crippen molar-refractivity contribution in [1.82, 2.24) is 10.2 Å². The first-order chi connectivity index (χ1) is 7.25. The molecule has 0 radical (unpaired) electrons. The average Bonchev–Trinajstić information content (AvgIpc) is 2.25. The topological polar surface area (TPSA) is 15.3 Å². The molecule has 1 aromatic rings. The Labute approximate surface area is 99.8 Å². The minimum atomic E-state index is 1.06. The molecule has 2 nitrogen and oxygen atoms in total. The summed E-state index contributed by atoms with van der Waals surface area (Å²) in [6.45, 7) is 7.74. The fourth-order valence-corrected chi connectivity index (χ4v) is 2.31. The second-order valence-electron chi connectivity index (χ2n) is 4.12. The van der Waals surface area contributed by atoms with E-state index in [0.717, 1.165) is 32.7 Å². The van der Waals surface area contributed by atoms with Crippen LogP contribution in [0.15, 0.2) is 22.7 Å². The Morgan fingerprint density at radius 3 is 2.80 bits per heavy atom. The van der Waals surface area contributed by atoms with E-state index >= 15 is 0 Å². The van der Waals surface area contributed by atoms with E-state index in [2.05, 4.69) is 51.3 Å². The number of piperazine rings is 1. The van der Waals surface area contributed by atoms with Crippen molar-refractivity contribution in [1.29, 1.82) is 0 Å². The third-order valence-corrected chi connectivity index (χ3v) is 3.58. The molecule has 0 aromatic heterocycles. The number of nitrogens with zero attached hydrogens (tertiary/aromatic N) is 1. The van der Waals surface area contributed by atoms with E-state index in [1.165, 1.54) is 15.6 Å². The van der Waals surface area contributed by atoms with Crippen molar-refractivity contribution in [2.24, 2.45) is 0 Å². The Morgan fingerprint density at radius 2 is 2.07 bits per heavy atom. The molecule has 1 saturated heterocycles. The summed E-state index contributed by atoms with van der Waals surface area (Å²) >= 11 is 3.61. The Balaban J connectivity index is 2.05. The van der Waals surface area contributed by atoms with E-state index in [1.807, 2.05) is 0 Å². The predicted molar refractivity (Wildman–Crippen MR) is 67.0 cm³/mol. The molecule has 1 aliphatic heterocycles. The number of hydrogen-bond donors (Lipinski definition) is 1. The van der Waals surface area contributed by atoms with Crippen LogP contribution < -0.4 is 5.32 Å². The van der Waals surface area contributed by atoms with Crippen molar-refractivity contribution in [2.45, 2.75) is 13.5 Å². The summed E-state index contributed by atoms with van der Waals surface area (Å²) in [4.78, 5) is 2.50. The molecular formula is C12H17BrN2. The van der Waals surface area contributed by atoms with Gasteiger partial charge in [-0.3, -0.25) is 4.90 Å². The lowest BCUT2D eigenvalue weighted by atomic mass is 10.1. The van der Waals surface area contributed by atoms with Gasteiger partial charge in [-0.1, -0.05) is 33.6 Å². The molecule has 2 rings (SSSR count). The van der Waals surface area contributed by atoms with Crippen LogP contribution in [0.2, 0.25) is 0 Å². The summed E-state index contributed by atoms with van der Waals surface area (Å²) in [7, 11) is 0. The third-order valence-electron chi connectivity index (χ3n) is 2.80. The molecule has 1 aliphatic rings. The van der Waals surface area contributed by atoms with Gasteiger partial charge in [0, 0.05) is 37.2 Å². The fraction of sp³-hybridized carbons (Fsp3) is 0.500. The predicted octanol–water partition coefficient (Wildman–Crippen LogP) is 2.16. The van der Waals surface area contributed by atoms with E-state index in [0.29, 0.717) is 0 Å². The van der Waals surface area contributed by atoms with Crippen LogP contribution in [-0.4, -0.2) is 31.1 Å². The minimum Gasteiger partial charge on any atom is -0.314 e. The lowest BCUT2D eigenvalue weighted by Crippen LogP contribution is -2.42. The largest absolute Gasteiger partial charge is 0.314 e. The molecule has 0 spiro atoms. The van der Waals surface area contributed by atoms with Crippen LogP contribution in [0.4, 0.5) is 0 Å². The van der Waals surface area contributed by atoms with Gasteiger partial charge in [-0.25, -0.2) is 0 Å². The molecule has 1 N–H and O–H groups in total. The van der Waals surface area contributed by atoms with E-state index in [1.54, 1.807) is 0 Å². The Bertz CT molecular complexity index is 332. The van der Waals surface area contributed by atoms with Crippen LogP contribution in [0.5, 0.6) is 0 Å². The van der Waals surface area contributed by atoms with Gasteiger partial charge in [0.15, 0.2) is 0 Å². The molecule has 0 amide bonds. The second kappa shape index (κ2) is 5.10. The highest BCUT2D eigenvalue weighted by Crippen LogP contribution is 2.19. The lowest BCUT2D eigenvalue weighted by Gasteiger charge is -2.27. The first kappa shape index (κ1) is 11.1. The molecule has 1 aromatic carbocycles. The van der Waals surface area contributed by atoms with E-state index in [-0.39, 0.29) is 0 Å². The number of halogens is 1. The standard InChI is InChI=1S/C12H17BrN2/c1-10-2-3-12(13)11(8-10)9-15-6-4-14-5-7-15/h2-3,8,14H,4-7,9H2,1H3. The van der Waals surface area contributed by atoms with Gasteiger partial charge in [0.25, 0.3) is 0 Å². The molecule has 0 bridgehead atoms. The van der Waals surface area contributed by atoms with Crippen molar-refractivity contribution in [3.63, 3.8) is 0 Å². The lowest BCUT2D eigenvalue weighted by molar-refractivity contribution is 0.233. The zero-order valence-corrected chi connectivity index (χ0v) is 10.7. The van der Waals surface area contributed by atoms with Crippen molar-refractivity contribution in [2.75, 3.05) is 26.2 Å². The third kappa shape index (κ3) is 3.03. The smallest absolute Gasteiger partial charge is 0.0246 e. The summed E-state index contributed by atoms with van der Waals surface area (Å²) in [5.74, 6) is 0. The maximum Gasteiger partial charge on any atom is 0.0246 e. The van der Waals surface area contributed by atoms with E-state index in [9.17, 15) is 0 Å². The van der Waals surface area contributed by atoms with Crippen LogP contribution in [0.25, 0.3) is 0 Å². The molecule has 1 fully saturated rings. The first-order valence-electron chi connectivity index (χ1n) is 5.44. The average molecular weight is 269 g/mol. The fourth-order valence-electron chi connectivity index (χ4n) is 1.93. The zero-order valence-electron chi connectivity index (χ0n) is 9.09. The van der Waals surface area contributed by atoms with E-state index < -0.39 is 0 Å². The van der Waals surface area contributed by atoms with Gasteiger partial charge >= 0.3 is 0 Å². The van der Waals surface area contributed by atoms with Crippen LogP contribution in [0.3, 0.4) is 0 Å². The van der Waals surface area contributed by atoms with Crippen molar-refractivity contribution in [3.05, 3.63) is 33.8 Å². The summed E-state index contributed by atoms with van der Waals surface area (Å²) < 4.78 is 1.23. The van der Waals surface area contributed by atoms with Gasteiger partial charge in [-0.05, 0) is 18.6 Å². The summed E-state index contributed by atoms with van der Waals surface area (Å²) in [5.41, 5.74) is 2.74. The SMILES string of the molecule is Cc1ccc(Br)c(CN2CCNCC2)c1. The first-order valence-corrected chi connectivity index (χ1v) is 6.23. The summed E-state index contributed by atoms with van der Waals surface area (Å²) in [6, 6.07) is 6.56. The molecule has 0 atom stereocenters. The second-order valence-corrected chi connectivity index (χ2v) is 4.98. The summed E-state index contributed by atoms with van der Waals surface area (Å²) in [6.07, 6.45) is 0. The van der Waals surface area contributed by atoms with Gasteiger partial charge in [-0.15, -0.1) is 0 Å². The van der Waals surface area contributed by atoms with Gasteiger partial charge in [0.2, 0.25) is 0 Å². The van der Waals surface area contributed by atoms with Gasteiger partial charge in [-0.2, -0.15) is 0 Å². The maximum atomic E-state index is 3.61. The zero-order chi connectivity index (χ0) is 10.7. The molecule has 0 aliphatic carbocycles. The van der Waals surface area contributed by atoms with Gasteiger partial charge in [0.05, 0.1) is 0 Å². The number of hydrogen-bond acceptors (Lipinski definition) is 2. The highest BCUT2D eigenvalue weighted by atomic mass is 79.9. The van der Waals surface area contributed by atoms with Crippen molar-refractivity contribution < 1.29 is 0 Å². The van der Waals surface area contributed by atoms with Gasteiger partial charge in [0.1, 0.15) is 0 Å². The molecule has 0 saturated carbocycles. The highest BCUT2D eigenvalue weighted by molar-refractivity contribution is 9.10. The Morgan fingerprint density at radius 1 is 1.33 bits per heavy atom. The van der Waals surface area contributed by atoms with Crippen molar-refractivity contribution in [3.8, 4) is 0 Å². The highest BCUT2D eigenvalue weighted by Gasteiger charge is 2.11. The molecular weight excluding hydrogens is 252 g/mol. The number of aryl methyl sites for hydroxylation is 1. The molecule has 0 unspecified atom stereocenters. The van der Waals surface area contributed by atoms with Crippen LogP contribution in [0.1, 0.15) is 11.1 Å². The Hall–Kier alpha value is -0.380. The van der Waals surface area contributed by atoms with Crippen LogP contribution in [0, 0.1) is 6.92 Å². The normalized spacial score (nSPS) is 18.0. The molecule has 15 heavy (non-hydrogen) atoms. The quantitative estimate of drug-likeness (QED) is 0.885. The van der Waals surface area contributed by atoms with E-state index in [4.69, 9.17) is 0 Å². The van der Waals surface area contributed by atoms with Crippen molar-refractivity contribution >= 4 is 15.9 Å².